The SMILES string of the molecule is COc1cccc(COc2cc(C)nc(N3CCN(c4ccccc4)CC3)n2)c1. The second kappa shape index (κ2) is 8.82. The number of piperazine rings is 1. The fraction of sp³-hybridized carbons (Fsp3) is 0.304. The summed E-state index contributed by atoms with van der Waals surface area (Å²) in [6.07, 6.45) is 0. The Kier molecular flexibility index (Phi) is 5.79. The molecule has 1 aromatic heterocycles. The van der Waals surface area contributed by atoms with E-state index < -0.39 is 0 Å². The van der Waals surface area contributed by atoms with Gasteiger partial charge >= 0.3 is 0 Å². The number of benzene rings is 2. The van der Waals surface area contributed by atoms with Crippen molar-refractivity contribution >= 4 is 11.6 Å². The average molecular weight is 390 g/mol. The third-order valence-electron chi connectivity index (χ3n) is 5.02. The molecule has 1 fully saturated rings. The fourth-order valence-corrected chi connectivity index (χ4v) is 3.46. The summed E-state index contributed by atoms with van der Waals surface area (Å²) in [7, 11) is 1.66. The summed E-state index contributed by atoms with van der Waals surface area (Å²) in [5, 5.41) is 0. The van der Waals surface area contributed by atoms with E-state index in [1.807, 2.05) is 43.3 Å². The van der Waals surface area contributed by atoms with E-state index in [0.29, 0.717) is 12.5 Å². The molecular formula is C23H26N4O2. The Morgan fingerprint density at radius 3 is 2.38 bits per heavy atom. The maximum atomic E-state index is 5.95. The number of rotatable bonds is 6. The number of aryl methyl sites for hydroxylation is 1. The fourth-order valence-electron chi connectivity index (χ4n) is 3.46. The molecule has 4 rings (SSSR count). The van der Waals surface area contributed by atoms with Crippen LogP contribution in [0.15, 0.2) is 60.7 Å². The Morgan fingerprint density at radius 1 is 0.862 bits per heavy atom. The zero-order valence-electron chi connectivity index (χ0n) is 16.9. The second-order valence-corrected chi connectivity index (χ2v) is 7.10. The lowest BCUT2D eigenvalue weighted by Crippen LogP contribution is -2.47. The van der Waals surface area contributed by atoms with Crippen LogP contribution in [-0.2, 0) is 6.61 Å². The van der Waals surface area contributed by atoms with Crippen molar-refractivity contribution in [2.75, 3.05) is 43.1 Å². The Hall–Kier alpha value is -3.28. The van der Waals surface area contributed by atoms with Crippen molar-refractivity contribution in [3.63, 3.8) is 0 Å². The molecule has 2 heterocycles. The highest BCUT2D eigenvalue weighted by atomic mass is 16.5. The van der Waals surface area contributed by atoms with Crippen LogP contribution in [0.1, 0.15) is 11.3 Å². The number of nitrogens with zero attached hydrogens (tertiary/aromatic N) is 4. The quantitative estimate of drug-likeness (QED) is 0.640. The first-order valence-electron chi connectivity index (χ1n) is 9.87. The standard InChI is InChI=1S/C23H26N4O2/c1-18-15-22(29-17-19-7-6-10-21(16-19)28-2)25-23(24-18)27-13-11-26(12-14-27)20-8-4-3-5-9-20/h3-10,15-16H,11-14,17H2,1-2H3. The van der Waals surface area contributed by atoms with Gasteiger partial charge in [-0.15, -0.1) is 0 Å². The van der Waals surface area contributed by atoms with Gasteiger partial charge in [0.05, 0.1) is 7.11 Å². The highest BCUT2D eigenvalue weighted by Gasteiger charge is 2.20. The molecule has 3 aromatic rings. The summed E-state index contributed by atoms with van der Waals surface area (Å²) in [5.41, 5.74) is 3.21. The summed E-state index contributed by atoms with van der Waals surface area (Å²) in [6.45, 7) is 6.07. The molecule has 0 spiro atoms. The zero-order chi connectivity index (χ0) is 20.1. The van der Waals surface area contributed by atoms with Gasteiger partial charge in [-0.05, 0) is 36.8 Å². The van der Waals surface area contributed by atoms with Crippen molar-refractivity contribution in [3.05, 3.63) is 71.9 Å². The van der Waals surface area contributed by atoms with Gasteiger partial charge in [-0.3, -0.25) is 0 Å². The normalized spacial score (nSPS) is 14.0. The first kappa shape index (κ1) is 19.1. The van der Waals surface area contributed by atoms with Gasteiger partial charge in [0.1, 0.15) is 12.4 Å². The molecule has 0 aliphatic carbocycles. The predicted octanol–water partition coefficient (Wildman–Crippen LogP) is 3.70. The lowest BCUT2D eigenvalue weighted by Gasteiger charge is -2.36. The first-order valence-corrected chi connectivity index (χ1v) is 9.87. The minimum Gasteiger partial charge on any atom is -0.497 e. The molecule has 29 heavy (non-hydrogen) atoms. The van der Waals surface area contributed by atoms with E-state index >= 15 is 0 Å². The number of aromatic nitrogens is 2. The maximum Gasteiger partial charge on any atom is 0.228 e. The van der Waals surface area contributed by atoms with Gasteiger partial charge in [-0.1, -0.05) is 30.3 Å². The molecule has 0 bridgehead atoms. The summed E-state index contributed by atoms with van der Waals surface area (Å²) in [4.78, 5) is 13.9. The van der Waals surface area contributed by atoms with Gasteiger partial charge in [0.15, 0.2) is 0 Å². The Labute approximate surface area is 171 Å². The topological polar surface area (TPSA) is 50.7 Å². The zero-order valence-corrected chi connectivity index (χ0v) is 16.9. The van der Waals surface area contributed by atoms with Crippen molar-refractivity contribution in [3.8, 4) is 11.6 Å². The largest absolute Gasteiger partial charge is 0.497 e. The Morgan fingerprint density at radius 2 is 1.62 bits per heavy atom. The highest BCUT2D eigenvalue weighted by Crippen LogP contribution is 2.21. The van der Waals surface area contributed by atoms with E-state index in [1.165, 1.54) is 5.69 Å². The molecule has 0 saturated carbocycles. The van der Waals surface area contributed by atoms with Crippen molar-refractivity contribution < 1.29 is 9.47 Å². The van der Waals surface area contributed by atoms with Crippen molar-refractivity contribution in [2.45, 2.75) is 13.5 Å². The first-order chi connectivity index (χ1) is 14.2. The molecule has 1 aliphatic heterocycles. The number of anilines is 2. The summed E-state index contributed by atoms with van der Waals surface area (Å²) < 4.78 is 11.2. The number of hydrogen-bond donors (Lipinski definition) is 0. The van der Waals surface area contributed by atoms with E-state index in [0.717, 1.165) is 49.1 Å². The highest BCUT2D eigenvalue weighted by molar-refractivity contribution is 5.48. The molecular weight excluding hydrogens is 364 g/mol. The molecule has 6 heteroatoms. The second-order valence-electron chi connectivity index (χ2n) is 7.10. The van der Waals surface area contributed by atoms with Gasteiger partial charge in [0.2, 0.25) is 11.8 Å². The summed E-state index contributed by atoms with van der Waals surface area (Å²) in [5.74, 6) is 2.15. The molecule has 6 nitrogen and oxygen atoms in total. The molecule has 0 N–H and O–H groups in total. The average Bonchev–Trinajstić information content (AvgIpc) is 2.78. The van der Waals surface area contributed by atoms with Crippen molar-refractivity contribution in [1.29, 1.82) is 0 Å². The third kappa shape index (κ3) is 4.77. The molecule has 0 atom stereocenters. The van der Waals surface area contributed by atoms with E-state index in [1.54, 1.807) is 7.11 Å². The van der Waals surface area contributed by atoms with Crippen molar-refractivity contribution in [1.82, 2.24) is 9.97 Å². The van der Waals surface area contributed by atoms with Crippen LogP contribution in [-0.4, -0.2) is 43.3 Å². The van der Waals surface area contributed by atoms with Crippen LogP contribution in [0.3, 0.4) is 0 Å². The lowest BCUT2D eigenvalue weighted by atomic mass is 10.2. The minimum atomic E-state index is 0.439. The Balaban J connectivity index is 1.40. The molecule has 0 unspecified atom stereocenters. The molecule has 150 valence electrons. The smallest absolute Gasteiger partial charge is 0.228 e. The van der Waals surface area contributed by atoms with E-state index in [9.17, 15) is 0 Å². The van der Waals surface area contributed by atoms with Crippen LogP contribution < -0.4 is 19.3 Å². The van der Waals surface area contributed by atoms with Gasteiger partial charge < -0.3 is 19.3 Å². The van der Waals surface area contributed by atoms with Gasteiger partial charge in [0.25, 0.3) is 0 Å². The number of methoxy groups -OCH3 is 1. The van der Waals surface area contributed by atoms with E-state index in [2.05, 4.69) is 44.0 Å². The molecule has 1 aliphatic rings. The Bertz CT molecular complexity index is 941. The van der Waals surface area contributed by atoms with E-state index in [4.69, 9.17) is 9.47 Å². The maximum absolute atomic E-state index is 5.95. The van der Waals surface area contributed by atoms with Crippen LogP contribution in [0.2, 0.25) is 0 Å². The summed E-state index contributed by atoms with van der Waals surface area (Å²) >= 11 is 0. The van der Waals surface area contributed by atoms with Crippen LogP contribution in [0.25, 0.3) is 0 Å². The van der Waals surface area contributed by atoms with Crippen LogP contribution in [0, 0.1) is 6.92 Å². The number of hydrogen-bond acceptors (Lipinski definition) is 6. The summed E-state index contributed by atoms with van der Waals surface area (Å²) in [6, 6.07) is 20.3. The molecule has 2 aromatic carbocycles. The number of ether oxygens (including phenoxy) is 2. The monoisotopic (exact) mass is 390 g/mol. The van der Waals surface area contributed by atoms with Crippen LogP contribution in [0.4, 0.5) is 11.6 Å². The molecule has 1 saturated heterocycles. The predicted molar refractivity (Wildman–Crippen MR) is 115 cm³/mol. The lowest BCUT2D eigenvalue weighted by molar-refractivity contribution is 0.292. The minimum absolute atomic E-state index is 0.439. The van der Waals surface area contributed by atoms with E-state index in [-0.39, 0.29) is 0 Å². The molecule has 0 amide bonds. The molecule has 0 radical (unpaired) electrons. The van der Waals surface area contributed by atoms with Gasteiger partial charge in [-0.2, -0.15) is 4.98 Å². The number of para-hydroxylation sites is 1. The van der Waals surface area contributed by atoms with Crippen molar-refractivity contribution in [2.24, 2.45) is 0 Å². The van der Waals surface area contributed by atoms with Gasteiger partial charge in [-0.25, -0.2) is 4.98 Å². The van der Waals surface area contributed by atoms with Crippen LogP contribution >= 0.6 is 0 Å². The van der Waals surface area contributed by atoms with Crippen LogP contribution in [0.5, 0.6) is 11.6 Å². The third-order valence-corrected chi connectivity index (χ3v) is 5.02. The van der Waals surface area contributed by atoms with Gasteiger partial charge in [0, 0.05) is 43.6 Å².